The highest BCUT2D eigenvalue weighted by atomic mass is 32.2. The maximum Gasteiger partial charge on any atom is 0.402 e. The van der Waals surface area contributed by atoms with Crippen LogP contribution in [0.4, 0.5) is 8.78 Å². The molecule has 0 atom stereocenters. The van der Waals surface area contributed by atoms with Crippen LogP contribution in [0.5, 0.6) is 5.75 Å². The molecule has 0 spiro atoms. The molecule has 0 unspecified atom stereocenters. The highest BCUT2D eigenvalue weighted by molar-refractivity contribution is 7.97. The molecule has 1 N–H and O–H groups in total. The van der Waals surface area contributed by atoms with E-state index in [0.717, 1.165) is 14.7 Å². The van der Waals surface area contributed by atoms with Gasteiger partial charge in [-0.3, -0.25) is 4.55 Å². The van der Waals surface area contributed by atoms with Crippen LogP contribution in [0, 0.1) is 0 Å². The fourth-order valence-electron chi connectivity index (χ4n) is 3.50. The molecular formula is C28H33F2O4S2+. The molecule has 0 aliphatic rings. The summed E-state index contributed by atoms with van der Waals surface area (Å²) in [5.74, 6) is 0.0804. The van der Waals surface area contributed by atoms with Crippen molar-refractivity contribution < 1.29 is 26.5 Å². The molecule has 3 aromatic carbocycles. The van der Waals surface area contributed by atoms with Crippen molar-refractivity contribution in [2.24, 2.45) is 0 Å². The van der Waals surface area contributed by atoms with E-state index in [1.54, 1.807) is 12.1 Å². The van der Waals surface area contributed by atoms with Crippen molar-refractivity contribution in [3.05, 3.63) is 83.9 Å². The van der Waals surface area contributed by atoms with Crippen molar-refractivity contribution in [1.82, 2.24) is 0 Å². The fraction of sp³-hybridized carbons (Fsp3) is 0.357. The highest BCUT2D eigenvalue weighted by Crippen LogP contribution is 2.35. The van der Waals surface area contributed by atoms with Crippen LogP contribution in [-0.2, 0) is 31.8 Å². The van der Waals surface area contributed by atoms with E-state index < -0.39 is 32.9 Å². The zero-order chi connectivity index (χ0) is 26.9. The van der Waals surface area contributed by atoms with Crippen LogP contribution in [-0.4, -0.2) is 24.8 Å². The van der Waals surface area contributed by atoms with Crippen molar-refractivity contribution in [3.63, 3.8) is 0 Å². The van der Waals surface area contributed by atoms with Gasteiger partial charge in [-0.25, -0.2) is 0 Å². The van der Waals surface area contributed by atoms with Gasteiger partial charge in [-0.2, -0.15) is 17.2 Å². The van der Waals surface area contributed by atoms with E-state index in [1.165, 1.54) is 23.3 Å². The van der Waals surface area contributed by atoms with Gasteiger partial charge in [0.15, 0.2) is 21.3 Å². The summed E-state index contributed by atoms with van der Waals surface area (Å²) in [7, 11) is -6.02. The Morgan fingerprint density at radius 2 is 1.03 bits per heavy atom. The van der Waals surface area contributed by atoms with Gasteiger partial charge in [0.25, 0.3) is 0 Å². The molecule has 0 radical (unpaired) electrons. The summed E-state index contributed by atoms with van der Waals surface area (Å²) < 4.78 is 62.4. The second-order valence-electron chi connectivity index (χ2n) is 10.7. The van der Waals surface area contributed by atoms with E-state index in [2.05, 4.69) is 90.1 Å². The Kier molecular flexibility index (Phi) is 7.94. The highest BCUT2D eigenvalue weighted by Gasteiger charge is 2.45. The molecule has 36 heavy (non-hydrogen) atoms. The Hall–Kier alpha value is -2.42. The molecule has 0 bridgehead atoms. The number of halogens is 2. The Bertz CT molecular complexity index is 1210. The monoisotopic (exact) mass is 535 g/mol. The molecule has 3 rings (SSSR count). The van der Waals surface area contributed by atoms with E-state index in [9.17, 15) is 17.2 Å². The number of ether oxygens (including phenoxy) is 1. The van der Waals surface area contributed by atoms with Crippen molar-refractivity contribution >= 4 is 21.0 Å². The van der Waals surface area contributed by atoms with E-state index in [1.807, 2.05) is 0 Å². The Morgan fingerprint density at radius 1 is 0.694 bits per heavy atom. The Balaban J connectivity index is 1.96. The molecule has 8 heteroatoms. The van der Waals surface area contributed by atoms with Crippen LogP contribution in [0.15, 0.2) is 87.5 Å². The fourth-order valence-corrected chi connectivity index (χ4v) is 5.75. The molecule has 0 saturated carbocycles. The minimum absolute atomic E-state index is 0.0224. The SMILES string of the molecule is CC(C)(C)c1ccc([S+](c2ccc(OCC(F)(F)S(=O)(=O)O)cc2)c2ccc(C(C)(C)C)cc2)cc1. The maximum absolute atomic E-state index is 13.5. The van der Waals surface area contributed by atoms with Crippen molar-refractivity contribution in [1.29, 1.82) is 0 Å². The van der Waals surface area contributed by atoms with Crippen LogP contribution >= 0.6 is 0 Å². The van der Waals surface area contributed by atoms with E-state index in [4.69, 9.17) is 9.29 Å². The third-order valence-electron chi connectivity index (χ3n) is 5.76. The normalized spacial score (nSPS) is 13.2. The van der Waals surface area contributed by atoms with Crippen LogP contribution in [0.3, 0.4) is 0 Å². The number of benzene rings is 3. The standard InChI is InChI=1S/C28H32F2O4S2/c1-26(2,3)20-7-13-23(14-8-20)35(24-15-9-21(10-16-24)27(4,5)6)25-17-11-22(12-18-25)34-19-28(29,30)36(31,32)33/h7-18H,19H2,1-6H3/p+1. The van der Waals surface area contributed by atoms with Crippen LogP contribution < -0.4 is 4.74 Å². The van der Waals surface area contributed by atoms with Gasteiger partial charge in [-0.15, -0.1) is 0 Å². The Labute approximate surface area is 215 Å². The lowest BCUT2D eigenvalue weighted by Crippen LogP contribution is -2.34. The molecule has 0 heterocycles. The summed E-state index contributed by atoms with van der Waals surface area (Å²) in [6.07, 6.45) is 0. The quantitative estimate of drug-likeness (QED) is 0.256. The largest absolute Gasteiger partial charge is 0.486 e. The van der Waals surface area contributed by atoms with Gasteiger partial charge in [0.1, 0.15) is 5.75 Å². The molecule has 0 saturated heterocycles. The molecule has 0 aromatic heterocycles. The summed E-state index contributed by atoms with van der Waals surface area (Å²) in [5, 5.41) is -4.39. The number of hydrogen-bond acceptors (Lipinski definition) is 3. The molecule has 0 fully saturated rings. The zero-order valence-corrected chi connectivity index (χ0v) is 23.0. The zero-order valence-electron chi connectivity index (χ0n) is 21.4. The molecule has 0 aliphatic carbocycles. The van der Waals surface area contributed by atoms with E-state index in [-0.39, 0.29) is 16.6 Å². The topological polar surface area (TPSA) is 63.6 Å². The van der Waals surface area contributed by atoms with Crippen molar-refractivity contribution in [3.8, 4) is 5.75 Å². The van der Waals surface area contributed by atoms with Gasteiger partial charge in [0, 0.05) is 0 Å². The van der Waals surface area contributed by atoms with Gasteiger partial charge >= 0.3 is 15.4 Å². The van der Waals surface area contributed by atoms with Crippen molar-refractivity contribution in [2.45, 2.75) is 72.3 Å². The molecule has 4 nitrogen and oxygen atoms in total. The first-order valence-electron chi connectivity index (χ1n) is 11.5. The number of alkyl halides is 2. The molecule has 0 aliphatic heterocycles. The number of hydrogen-bond donors (Lipinski definition) is 1. The van der Waals surface area contributed by atoms with E-state index in [0.29, 0.717) is 0 Å². The van der Waals surface area contributed by atoms with Crippen LogP contribution in [0.25, 0.3) is 0 Å². The molecule has 0 amide bonds. The third kappa shape index (κ3) is 6.66. The summed E-state index contributed by atoms with van der Waals surface area (Å²) in [6, 6.07) is 23.7. The summed E-state index contributed by atoms with van der Waals surface area (Å²) in [4.78, 5) is 3.17. The predicted octanol–water partition coefficient (Wildman–Crippen LogP) is 7.24. The Morgan fingerprint density at radius 3 is 1.33 bits per heavy atom. The summed E-state index contributed by atoms with van der Waals surface area (Å²) >= 11 is 0. The van der Waals surface area contributed by atoms with Crippen molar-refractivity contribution in [2.75, 3.05) is 6.61 Å². The van der Waals surface area contributed by atoms with Gasteiger partial charge in [-0.1, -0.05) is 65.8 Å². The third-order valence-corrected chi connectivity index (χ3v) is 8.86. The minimum atomic E-state index is -5.55. The summed E-state index contributed by atoms with van der Waals surface area (Å²) in [6.45, 7) is 11.5. The van der Waals surface area contributed by atoms with Gasteiger partial charge in [0.05, 0.1) is 10.9 Å². The molecule has 3 aromatic rings. The predicted molar refractivity (Wildman–Crippen MR) is 141 cm³/mol. The average Bonchev–Trinajstić information content (AvgIpc) is 2.77. The first-order valence-corrected chi connectivity index (χ1v) is 14.2. The van der Waals surface area contributed by atoms with E-state index >= 15 is 0 Å². The second kappa shape index (κ2) is 10.1. The average molecular weight is 536 g/mol. The van der Waals surface area contributed by atoms with Crippen LogP contribution in [0.2, 0.25) is 0 Å². The lowest BCUT2D eigenvalue weighted by Gasteiger charge is -2.20. The second-order valence-corrected chi connectivity index (χ2v) is 14.3. The molecular weight excluding hydrogens is 502 g/mol. The van der Waals surface area contributed by atoms with Gasteiger partial charge < -0.3 is 4.74 Å². The maximum atomic E-state index is 13.5. The van der Waals surface area contributed by atoms with Gasteiger partial charge in [-0.05, 0) is 70.5 Å². The smallest absolute Gasteiger partial charge is 0.402 e. The first-order chi connectivity index (χ1) is 16.5. The lowest BCUT2D eigenvalue weighted by molar-refractivity contribution is 0.0288. The molecule has 194 valence electrons. The summed E-state index contributed by atoms with van der Waals surface area (Å²) in [5.41, 5.74) is 2.49. The first kappa shape index (κ1) is 28.2. The lowest BCUT2D eigenvalue weighted by atomic mass is 9.87. The van der Waals surface area contributed by atoms with Gasteiger partial charge in [0.2, 0.25) is 0 Å². The minimum Gasteiger partial charge on any atom is -0.486 e. The number of rotatable bonds is 7. The van der Waals surface area contributed by atoms with Crippen LogP contribution in [0.1, 0.15) is 52.7 Å².